The lowest BCUT2D eigenvalue weighted by Crippen LogP contribution is -2.47. The third-order valence-corrected chi connectivity index (χ3v) is 6.28. The standard InChI is InChI=1S/C20H23N5O4S/c26-18(25-9-7-20(8-10-25)27-11-12-28-20)13-30-19-24-23-17(29-19)6-5-16-21-14-3-1-2-4-15(14)22-16/h1-4H,5-13H2,(H,21,22). The number of piperidine rings is 1. The van der Waals surface area contributed by atoms with Crippen LogP contribution in [0.4, 0.5) is 0 Å². The second-order valence-corrected chi connectivity index (χ2v) is 8.37. The number of para-hydroxylation sites is 2. The summed E-state index contributed by atoms with van der Waals surface area (Å²) in [5.74, 6) is 1.30. The van der Waals surface area contributed by atoms with Crippen molar-refractivity contribution in [2.75, 3.05) is 32.1 Å². The lowest BCUT2D eigenvalue weighted by Gasteiger charge is -2.37. The maximum absolute atomic E-state index is 12.5. The molecule has 1 amide bonds. The SMILES string of the molecule is O=C(CSc1nnc(CCc2nc3ccccc3[nH]2)o1)N1CCC2(CC1)OCCO2. The van der Waals surface area contributed by atoms with Crippen LogP contribution in [0.5, 0.6) is 0 Å². The van der Waals surface area contributed by atoms with Crippen molar-refractivity contribution in [3.8, 4) is 0 Å². The fourth-order valence-corrected chi connectivity index (χ4v) is 4.53. The molecule has 2 saturated heterocycles. The van der Waals surface area contributed by atoms with Crippen molar-refractivity contribution in [2.24, 2.45) is 0 Å². The molecule has 0 atom stereocenters. The zero-order chi connectivity index (χ0) is 20.4. The molecule has 2 aromatic heterocycles. The van der Waals surface area contributed by atoms with E-state index in [0.717, 1.165) is 29.7 Å². The number of amides is 1. The van der Waals surface area contributed by atoms with Crippen molar-refractivity contribution in [1.82, 2.24) is 25.1 Å². The molecule has 158 valence electrons. The second kappa shape index (κ2) is 8.37. The maximum Gasteiger partial charge on any atom is 0.277 e. The van der Waals surface area contributed by atoms with Crippen LogP contribution in [0.1, 0.15) is 24.6 Å². The van der Waals surface area contributed by atoms with E-state index in [1.54, 1.807) is 0 Å². The molecule has 4 heterocycles. The van der Waals surface area contributed by atoms with Gasteiger partial charge >= 0.3 is 0 Å². The molecule has 1 spiro atoms. The summed E-state index contributed by atoms with van der Waals surface area (Å²) in [6.07, 6.45) is 2.71. The summed E-state index contributed by atoms with van der Waals surface area (Å²) in [5, 5.41) is 8.55. The largest absolute Gasteiger partial charge is 0.416 e. The number of thioether (sulfide) groups is 1. The maximum atomic E-state index is 12.5. The third kappa shape index (κ3) is 4.21. The van der Waals surface area contributed by atoms with Crippen LogP contribution in [0.2, 0.25) is 0 Å². The second-order valence-electron chi connectivity index (χ2n) is 7.44. The van der Waals surface area contributed by atoms with Crippen molar-refractivity contribution >= 4 is 28.7 Å². The molecule has 2 aliphatic rings. The number of hydrogen-bond donors (Lipinski definition) is 1. The number of imidazole rings is 1. The Hall–Kier alpha value is -2.43. The molecule has 0 bridgehead atoms. The van der Waals surface area contributed by atoms with Crippen molar-refractivity contribution in [3.05, 3.63) is 36.0 Å². The van der Waals surface area contributed by atoms with Crippen LogP contribution >= 0.6 is 11.8 Å². The monoisotopic (exact) mass is 429 g/mol. The minimum absolute atomic E-state index is 0.0647. The lowest BCUT2D eigenvalue weighted by molar-refractivity contribution is -0.186. The minimum Gasteiger partial charge on any atom is -0.416 e. The number of ether oxygens (including phenoxy) is 2. The Bertz CT molecular complexity index is 986. The van der Waals surface area contributed by atoms with E-state index >= 15 is 0 Å². The van der Waals surface area contributed by atoms with Gasteiger partial charge in [0.25, 0.3) is 5.22 Å². The third-order valence-electron chi connectivity index (χ3n) is 5.47. The first kappa shape index (κ1) is 19.5. The minimum atomic E-state index is -0.467. The van der Waals surface area contributed by atoms with Crippen LogP contribution in [0, 0.1) is 0 Å². The number of likely N-dealkylation sites (tertiary alicyclic amines) is 1. The smallest absolute Gasteiger partial charge is 0.277 e. The molecule has 1 N–H and O–H groups in total. The highest BCUT2D eigenvalue weighted by molar-refractivity contribution is 7.99. The normalized spacial score (nSPS) is 18.5. The average Bonchev–Trinajstić information content (AvgIpc) is 3.51. The van der Waals surface area contributed by atoms with Crippen LogP contribution in [0.25, 0.3) is 11.0 Å². The Morgan fingerprint density at radius 3 is 2.73 bits per heavy atom. The lowest BCUT2D eigenvalue weighted by atomic mass is 10.0. The Kier molecular flexibility index (Phi) is 5.45. The van der Waals surface area contributed by atoms with E-state index in [-0.39, 0.29) is 11.7 Å². The highest BCUT2D eigenvalue weighted by atomic mass is 32.2. The molecule has 5 rings (SSSR count). The van der Waals surface area contributed by atoms with Crippen molar-refractivity contribution in [3.63, 3.8) is 0 Å². The molecule has 2 aliphatic heterocycles. The predicted octanol–water partition coefficient (Wildman–Crippen LogP) is 2.19. The van der Waals surface area contributed by atoms with Crippen LogP contribution < -0.4 is 0 Å². The van der Waals surface area contributed by atoms with Crippen molar-refractivity contribution < 1.29 is 18.7 Å². The van der Waals surface area contributed by atoms with Gasteiger partial charge in [-0.15, -0.1) is 10.2 Å². The van der Waals surface area contributed by atoms with E-state index in [4.69, 9.17) is 13.9 Å². The van der Waals surface area contributed by atoms with E-state index in [2.05, 4.69) is 20.2 Å². The van der Waals surface area contributed by atoms with Gasteiger partial charge in [-0.25, -0.2) is 4.98 Å². The number of aryl methyl sites for hydroxylation is 2. The van der Waals surface area contributed by atoms with Gasteiger partial charge in [0.1, 0.15) is 5.82 Å². The summed E-state index contributed by atoms with van der Waals surface area (Å²) in [5.41, 5.74) is 1.96. The van der Waals surface area contributed by atoms with Gasteiger partial charge in [-0.3, -0.25) is 4.79 Å². The molecular weight excluding hydrogens is 406 g/mol. The Balaban J connectivity index is 1.09. The van der Waals surface area contributed by atoms with Crippen LogP contribution in [-0.4, -0.2) is 68.8 Å². The van der Waals surface area contributed by atoms with Gasteiger partial charge in [0.15, 0.2) is 5.79 Å². The number of hydrogen-bond acceptors (Lipinski definition) is 8. The Labute approximate surface area is 177 Å². The first-order valence-electron chi connectivity index (χ1n) is 10.1. The van der Waals surface area contributed by atoms with Crippen LogP contribution in [-0.2, 0) is 27.1 Å². The molecule has 0 saturated carbocycles. The zero-order valence-corrected chi connectivity index (χ0v) is 17.3. The summed E-state index contributed by atoms with van der Waals surface area (Å²) in [4.78, 5) is 22.2. The van der Waals surface area contributed by atoms with Crippen LogP contribution in [0.3, 0.4) is 0 Å². The predicted molar refractivity (Wildman–Crippen MR) is 109 cm³/mol. The van der Waals surface area contributed by atoms with Gasteiger partial charge in [0.05, 0.1) is 30.0 Å². The summed E-state index contributed by atoms with van der Waals surface area (Å²) < 4.78 is 17.1. The highest BCUT2D eigenvalue weighted by Gasteiger charge is 2.40. The molecule has 10 heteroatoms. The number of benzene rings is 1. The summed E-state index contributed by atoms with van der Waals surface area (Å²) >= 11 is 1.27. The first-order valence-corrected chi connectivity index (χ1v) is 11.1. The summed E-state index contributed by atoms with van der Waals surface area (Å²) in [6, 6.07) is 7.92. The molecule has 3 aromatic rings. The molecule has 2 fully saturated rings. The van der Waals surface area contributed by atoms with E-state index in [1.807, 2.05) is 29.2 Å². The number of aromatic nitrogens is 4. The van der Waals surface area contributed by atoms with E-state index in [0.29, 0.717) is 50.3 Å². The molecule has 0 radical (unpaired) electrons. The van der Waals surface area contributed by atoms with Gasteiger partial charge in [-0.1, -0.05) is 23.9 Å². The topological polar surface area (TPSA) is 106 Å². The molecule has 9 nitrogen and oxygen atoms in total. The summed E-state index contributed by atoms with van der Waals surface area (Å²) in [6.45, 7) is 2.57. The number of nitrogens with one attached hydrogen (secondary N) is 1. The molecule has 1 aromatic carbocycles. The molecule has 0 unspecified atom stereocenters. The van der Waals surface area contributed by atoms with Gasteiger partial charge in [-0.05, 0) is 12.1 Å². The highest BCUT2D eigenvalue weighted by Crippen LogP contribution is 2.31. The molecular formula is C20H23N5O4S. The molecule has 0 aliphatic carbocycles. The number of rotatable bonds is 6. The first-order chi connectivity index (χ1) is 14.7. The van der Waals surface area contributed by atoms with Gasteiger partial charge in [-0.2, -0.15) is 0 Å². The fourth-order valence-electron chi connectivity index (χ4n) is 3.84. The zero-order valence-electron chi connectivity index (χ0n) is 16.5. The van der Waals surface area contributed by atoms with Crippen LogP contribution in [0.15, 0.2) is 33.9 Å². The molecule has 30 heavy (non-hydrogen) atoms. The van der Waals surface area contributed by atoms with Crippen molar-refractivity contribution in [1.29, 1.82) is 0 Å². The Morgan fingerprint density at radius 1 is 1.13 bits per heavy atom. The number of carbonyl (C=O) groups is 1. The number of aromatic amines is 1. The number of fused-ring (bicyclic) bond motifs is 1. The number of nitrogens with zero attached hydrogens (tertiary/aromatic N) is 4. The van der Waals surface area contributed by atoms with Gasteiger partial charge < -0.3 is 23.8 Å². The quantitative estimate of drug-likeness (QED) is 0.595. The van der Waals surface area contributed by atoms with Gasteiger partial charge in [0, 0.05) is 38.8 Å². The number of carbonyl (C=O) groups excluding carboxylic acids is 1. The fraction of sp³-hybridized carbons (Fsp3) is 0.500. The summed E-state index contributed by atoms with van der Waals surface area (Å²) in [7, 11) is 0. The van der Waals surface area contributed by atoms with E-state index in [9.17, 15) is 4.79 Å². The van der Waals surface area contributed by atoms with Gasteiger partial charge in [0.2, 0.25) is 11.8 Å². The Morgan fingerprint density at radius 2 is 1.93 bits per heavy atom. The van der Waals surface area contributed by atoms with E-state index < -0.39 is 5.79 Å². The number of H-pyrrole nitrogens is 1. The van der Waals surface area contributed by atoms with E-state index in [1.165, 1.54) is 11.8 Å². The average molecular weight is 430 g/mol. The van der Waals surface area contributed by atoms with Crippen molar-refractivity contribution in [2.45, 2.75) is 36.7 Å².